The Kier molecular flexibility index (Phi) is 3.61. The number of ether oxygens (including phenoxy) is 1. The Morgan fingerprint density at radius 3 is 3.00 bits per heavy atom. The number of hydrogen-bond donors (Lipinski definition) is 1. The second-order valence-electron chi connectivity index (χ2n) is 5.87. The van der Waals surface area contributed by atoms with Crippen molar-refractivity contribution in [1.82, 2.24) is 4.90 Å². The van der Waals surface area contributed by atoms with Gasteiger partial charge in [-0.25, -0.2) is 0 Å². The number of aryl methyl sites for hydroxylation is 1. The predicted octanol–water partition coefficient (Wildman–Crippen LogP) is 1.90. The zero-order valence-corrected chi connectivity index (χ0v) is 11.8. The van der Waals surface area contributed by atoms with E-state index in [-0.39, 0.29) is 5.54 Å². The summed E-state index contributed by atoms with van der Waals surface area (Å²) in [6.45, 7) is 2.43. The molecule has 0 radical (unpaired) electrons. The highest BCUT2D eigenvalue weighted by Gasteiger charge is 2.42. The summed E-state index contributed by atoms with van der Waals surface area (Å²) >= 11 is 0. The zero-order valence-electron chi connectivity index (χ0n) is 11.8. The minimum Gasteiger partial charge on any atom is -0.380 e. The third-order valence-corrected chi connectivity index (χ3v) is 5.02. The van der Waals surface area contributed by atoms with Crippen LogP contribution in [0.25, 0.3) is 0 Å². The van der Waals surface area contributed by atoms with Crippen molar-refractivity contribution < 1.29 is 4.74 Å². The lowest BCUT2D eigenvalue weighted by atomic mass is 9.75. The monoisotopic (exact) mass is 260 g/mol. The molecule has 0 bridgehead atoms. The molecule has 1 aromatic rings. The summed E-state index contributed by atoms with van der Waals surface area (Å²) in [5.74, 6) is 0. The number of rotatable bonds is 3. The Morgan fingerprint density at radius 2 is 2.26 bits per heavy atom. The van der Waals surface area contributed by atoms with E-state index in [2.05, 4.69) is 36.2 Å². The summed E-state index contributed by atoms with van der Waals surface area (Å²) in [5, 5.41) is 0. The van der Waals surface area contributed by atoms with Gasteiger partial charge in [-0.1, -0.05) is 24.3 Å². The van der Waals surface area contributed by atoms with Gasteiger partial charge in [0, 0.05) is 19.2 Å². The van der Waals surface area contributed by atoms with Crippen molar-refractivity contribution in [3.05, 3.63) is 35.4 Å². The van der Waals surface area contributed by atoms with Crippen LogP contribution in [0.5, 0.6) is 0 Å². The molecular formula is C16H24N2O. The number of benzene rings is 1. The second-order valence-corrected chi connectivity index (χ2v) is 5.87. The van der Waals surface area contributed by atoms with E-state index < -0.39 is 0 Å². The van der Waals surface area contributed by atoms with Gasteiger partial charge in [-0.3, -0.25) is 4.90 Å². The van der Waals surface area contributed by atoms with Gasteiger partial charge in [0.2, 0.25) is 0 Å². The van der Waals surface area contributed by atoms with Crippen LogP contribution in [0.1, 0.15) is 30.4 Å². The standard InChI is InChI=1S/C16H24N2O/c1-18(14-8-10-19-11-14)16(12-17)9-4-6-13-5-2-3-7-15(13)16/h2-3,5,7,14H,4,6,8-12,17H2,1H3. The van der Waals surface area contributed by atoms with E-state index in [0.717, 1.165) is 26.1 Å². The third kappa shape index (κ3) is 2.10. The van der Waals surface area contributed by atoms with Gasteiger partial charge in [-0.2, -0.15) is 0 Å². The van der Waals surface area contributed by atoms with Gasteiger partial charge in [0.15, 0.2) is 0 Å². The predicted molar refractivity (Wildman–Crippen MR) is 77.1 cm³/mol. The average molecular weight is 260 g/mol. The van der Waals surface area contributed by atoms with Crippen LogP contribution in [-0.2, 0) is 16.7 Å². The summed E-state index contributed by atoms with van der Waals surface area (Å²) in [7, 11) is 2.23. The molecule has 2 atom stereocenters. The third-order valence-electron chi connectivity index (χ3n) is 5.02. The number of nitrogens with zero attached hydrogens (tertiary/aromatic N) is 1. The molecule has 1 aromatic carbocycles. The second kappa shape index (κ2) is 5.23. The van der Waals surface area contributed by atoms with Crippen molar-refractivity contribution in [3.63, 3.8) is 0 Å². The first-order valence-electron chi connectivity index (χ1n) is 7.37. The molecule has 1 aliphatic heterocycles. The molecule has 0 amide bonds. The Balaban J connectivity index is 1.99. The minimum atomic E-state index is 0.00715. The number of likely N-dealkylation sites (N-methyl/N-ethyl adjacent to an activating group) is 1. The lowest BCUT2D eigenvalue weighted by Crippen LogP contribution is -2.55. The van der Waals surface area contributed by atoms with Gasteiger partial charge >= 0.3 is 0 Å². The first-order valence-corrected chi connectivity index (χ1v) is 7.37. The SMILES string of the molecule is CN(C1CCOC1)C1(CN)CCCc2ccccc21. The summed E-state index contributed by atoms with van der Waals surface area (Å²) in [6.07, 6.45) is 4.70. The maximum Gasteiger partial charge on any atom is 0.0622 e. The molecule has 19 heavy (non-hydrogen) atoms. The lowest BCUT2D eigenvalue weighted by molar-refractivity contribution is 0.0501. The molecule has 1 heterocycles. The Hall–Kier alpha value is -0.900. The molecule has 0 spiro atoms. The van der Waals surface area contributed by atoms with Crippen LogP contribution in [0.2, 0.25) is 0 Å². The molecule has 1 fully saturated rings. The molecular weight excluding hydrogens is 236 g/mol. The van der Waals surface area contributed by atoms with Gasteiger partial charge in [0.25, 0.3) is 0 Å². The van der Waals surface area contributed by atoms with E-state index in [4.69, 9.17) is 10.5 Å². The van der Waals surface area contributed by atoms with Crippen LogP contribution in [-0.4, -0.2) is 37.7 Å². The number of nitrogens with two attached hydrogens (primary N) is 1. The summed E-state index contributed by atoms with van der Waals surface area (Å²) in [6, 6.07) is 9.33. The lowest BCUT2D eigenvalue weighted by Gasteiger charge is -2.47. The van der Waals surface area contributed by atoms with Crippen LogP contribution in [0.15, 0.2) is 24.3 Å². The molecule has 3 heteroatoms. The Labute approximate surface area is 115 Å². The maximum atomic E-state index is 6.24. The highest BCUT2D eigenvalue weighted by molar-refractivity contribution is 5.37. The van der Waals surface area contributed by atoms with Crippen molar-refractivity contribution in [2.45, 2.75) is 37.3 Å². The summed E-state index contributed by atoms with van der Waals surface area (Å²) in [4.78, 5) is 2.50. The van der Waals surface area contributed by atoms with Crippen molar-refractivity contribution in [2.75, 3.05) is 26.8 Å². The van der Waals surface area contributed by atoms with E-state index in [1.54, 1.807) is 0 Å². The largest absolute Gasteiger partial charge is 0.380 e. The van der Waals surface area contributed by atoms with E-state index in [9.17, 15) is 0 Å². The molecule has 2 unspecified atom stereocenters. The van der Waals surface area contributed by atoms with Crippen molar-refractivity contribution >= 4 is 0 Å². The van der Waals surface area contributed by atoms with Crippen LogP contribution in [0.4, 0.5) is 0 Å². The average Bonchev–Trinajstić information content (AvgIpc) is 3.00. The minimum absolute atomic E-state index is 0.00715. The molecule has 1 aliphatic carbocycles. The fourth-order valence-electron chi connectivity index (χ4n) is 3.80. The topological polar surface area (TPSA) is 38.5 Å². The number of hydrogen-bond acceptors (Lipinski definition) is 3. The number of fused-ring (bicyclic) bond motifs is 1. The summed E-state index contributed by atoms with van der Waals surface area (Å²) < 4.78 is 5.56. The zero-order chi connectivity index (χ0) is 13.3. The van der Waals surface area contributed by atoms with E-state index in [1.165, 1.54) is 24.0 Å². The van der Waals surface area contributed by atoms with Gasteiger partial charge in [0.05, 0.1) is 12.1 Å². The van der Waals surface area contributed by atoms with E-state index in [1.807, 2.05) is 0 Å². The first-order chi connectivity index (χ1) is 9.28. The maximum absolute atomic E-state index is 6.24. The van der Waals surface area contributed by atoms with Crippen LogP contribution >= 0.6 is 0 Å². The van der Waals surface area contributed by atoms with Gasteiger partial charge in [0.1, 0.15) is 0 Å². The van der Waals surface area contributed by atoms with Crippen LogP contribution in [0.3, 0.4) is 0 Å². The van der Waals surface area contributed by atoms with Crippen LogP contribution < -0.4 is 5.73 Å². The fraction of sp³-hybridized carbons (Fsp3) is 0.625. The smallest absolute Gasteiger partial charge is 0.0622 e. The molecule has 104 valence electrons. The molecule has 3 nitrogen and oxygen atoms in total. The van der Waals surface area contributed by atoms with E-state index in [0.29, 0.717) is 12.6 Å². The summed E-state index contributed by atoms with van der Waals surface area (Å²) in [5.41, 5.74) is 9.17. The van der Waals surface area contributed by atoms with Gasteiger partial charge < -0.3 is 10.5 Å². The van der Waals surface area contributed by atoms with Gasteiger partial charge in [-0.15, -0.1) is 0 Å². The molecule has 0 aromatic heterocycles. The molecule has 2 N–H and O–H groups in total. The Bertz CT molecular complexity index is 442. The Morgan fingerprint density at radius 1 is 1.42 bits per heavy atom. The first kappa shape index (κ1) is 13.1. The van der Waals surface area contributed by atoms with E-state index >= 15 is 0 Å². The molecule has 1 saturated heterocycles. The quantitative estimate of drug-likeness (QED) is 0.902. The van der Waals surface area contributed by atoms with Crippen molar-refractivity contribution in [3.8, 4) is 0 Å². The highest BCUT2D eigenvalue weighted by atomic mass is 16.5. The highest BCUT2D eigenvalue weighted by Crippen LogP contribution is 2.40. The molecule has 0 saturated carbocycles. The molecule has 2 aliphatic rings. The van der Waals surface area contributed by atoms with Crippen LogP contribution in [0, 0.1) is 0 Å². The fourth-order valence-corrected chi connectivity index (χ4v) is 3.80. The molecule has 3 rings (SSSR count). The van der Waals surface area contributed by atoms with Gasteiger partial charge in [-0.05, 0) is 43.9 Å². The normalized spacial score (nSPS) is 30.6. The van der Waals surface area contributed by atoms with Crippen molar-refractivity contribution in [2.24, 2.45) is 5.73 Å². The van der Waals surface area contributed by atoms with Crippen molar-refractivity contribution in [1.29, 1.82) is 0 Å².